The predicted octanol–water partition coefficient (Wildman–Crippen LogP) is 6.10. The maximum Gasteiger partial charge on any atom is 0.116 e. The Balaban J connectivity index is 0.000000604. The summed E-state index contributed by atoms with van der Waals surface area (Å²) in [6.45, 7) is 4.25. The zero-order chi connectivity index (χ0) is 19.7. The van der Waals surface area contributed by atoms with Gasteiger partial charge in [-0.1, -0.05) is 62.7 Å². The Hall–Kier alpha value is -3.00. The molecule has 0 fully saturated rings. The van der Waals surface area contributed by atoms with E-state index in [9.17, 15) is 10.2 Å². The Bertz CT molecular complexity index is 1000. The molecule has 2 N–H and O–H groups in total. The van der Waals surface area contributed by atoms with E-state index < -0.39 is 0 Å². The summed E-state index contributed by atoms with van der Waals surface area (Å²) in [5.74, 6) is 0.578. The molecule has 2 nitrogen and oxygen atoms in total. The first-order valence-corrected chi connectivity index (χ1v) is 9.99. The first kappa shape index (κ1) is 18.4. The maximum absolute atomic E-state index is 9.93. The van der Waals surface area contributed by atoms with Crippen LogP contribution in [0.5, 0.6) is 11.5 Å². The quantitative estimate of drug-likeness (QED) is 0.543. The van der Waals surface area contributed by atoms with Gasteiger partial charge in [0, 0.05) is 5.41 Å². The molecule has 28 heavy (non-hydrogen) atoms. The summed E-state index contributed by atoms with van der Waals surface area (Å²) < 4.78 is 0. The van der Waals surface area contributed by atoms with Crippen LogP contribution < -0.4 is 0 Å². The van der Waals surface area contributed by atoms with Gasteiger partial charge in [0.15, 0.2) is 0 Å². The SMILES string of the molecule is CCC.Oc1ccc(C2=Cc3cc(O)ccc3C23Cc2ccccc2C3)cc1. The molecule has 1 spiro atoms. The molecule has 5 rings (SSSR count). The van der Waals surface area contributed by atoms with Crippen LogP contribution in [0.25, 0.3) is 11.6 Å². The van der Waals surface area contributed by atoms with Crippen molar-refractivity contribution in [1.82, 2.24) is 0 Å². The maximum atomic E-state index is 9.93. The van der Waals surface area contributed by atoms with Gasteiger partial charge >= 0.3 is 0 Å². The Morgan fingerprint density at radius 1 is 0.786 bits per heavy atom. The summed E-state index contributed by atoms with van der Waals surface area (Å²) >= 11 is 0. The topological polar surface area (TPSA) is 40.5 Å². The lowest BCUT2D eigenvalue weighted by Crippen LogP contribution is -2.26. The molecule has 0 bridgehead atoms. The monoisotopic (exact) mass is 370 g/mol. The van der Waals surface area contributed by atoms with Crippen LogP contribution in [0.3, 0.4) is 0 Å². The van der Waals surface area contributed by atoms with Crippen molar-refractivity contribution in [3.63, 3.8) is 0 Å². The van der Waals surface area contributed by atoms with E-state index in [2.05, 4.69) is 50.3 Å². The average Bonchev–Trinajstić information content (AvgIpc) is 3.21. The molecule has 2 heteroatoms. The van der Waals surface area contributed by atoms with E-state index >= 15 is 0 Å². The summed E-state index contributed by atoms with van der Waals surface area (Å²) in [6, 6.07) is 21.8. The van der Waals surface area contributed by atoms with Gasteiger partial charge in [-0.05, 0) is 76.6 Å². The van der Waals surface area contributed by atoms with Crippen molar-refractivity contribution in [1.29, 1.82) is 0 Å². The van der Waals surface area contributed by atoms with Crippen LogP contribution in [0.4, 0.5) is 0 Å². The van der Waals surface area contributed by atoms with Crippen LogP contribution in [0, 0.1) is 0 Å². The van der Waals surface area contributed by atoms with Crippen LogP contribution in [0.15, 0.2) is 66.7 Å². The Kier molecular flexibility index (Phi) is 4.72. The van der Waals surface area contributed by atoms with Crippen molar-refractivity contribution in [3.05, 3.63) is 94.5 Å². The third kappa shape index (κ3) is 2.99. The van der Waals surface area contributed by atoms with Gasteiger partial charge in [-0.2, -0.15) is 0 Å². The number of allylic oxidation sites excluding steroid dienone is 1. The van der Waals surface area contributed by atoms with Crippen molar-refractivity contribution in [2.24, 2.45) is 0 Å². The fraction of sp³-hybridized carbons (Fsp3) is 0.231. The lowest BCUT2D eigenvalue weighted by molar-refractivity contribution is 0.473. The lowest BCUT2D eigenvalue weighted by atomic mass is 9.72. The summed E-state index contributed by atoms with van der Waals surface area (Å²) in [5.41, 5.74) is 7.47. The molecule has 0 unspecified atom stereocenters. The van der Waals surface area contributed by atoms with Gasteiger partial charge < -0.3 is 10.2 Å². The summed E-state index contributed by atoms with van der Waals surface area (Å²) in [5, 5.41) is 19.6. The molecule has 142 valence electrons. The number of benzene rings is 3. The van der Waals surface area contributed by atoms with Crippen LogP contribution in [0.2, 0.25) is 0 Å². The first-order chi connectivity index (χ1) is 13.6. The molecule has 0 atom stereocenters. The van der Waals surface area contributed by atoms with Crippen molar-refractivity contribution in [2.75, 3.05) is 0 Å². The molecule has 0 aliphatic heterocycles. The van der Waals surface area contributed by atoms with Gasteiger partial charge in [0.1, 0.15) is 11.5 Å². The Morgan fingerprint density at radius 3 is 1.96 bits per heavy atom. The zero-order valence-corrected chi connectivity index (χ0v) is 16.4. The number of hydrogen-bond acceptors (Lipinski definition) is 2. The average molecular weight is 370 g/mol. The molecule has 2 aliphatic rings. The molecule has 0 saturated carbocycles. The van der Waals surface area contributed by atoms with Crippen molar-refractivity contribution < 1.29 is 10.2 Å². The highest BCUT2D eigenvalue weighted by molar-refractivity contribution is 5.95. The van der Waals surface area contributed by atoms with Crippen LogP contribution in [-0.2, 0) is 18.3 Å². The molecule has 2 aliphatic carbocycles. The van der Waals surface area contributed by atoms with Gasteiger partial charge in [0.2, 0.25) is 0 Å². The predicted molar refractivity (Wildman–Crippen MR) is 116 cm³/mol. The second kappa shape index (κ2) is 7.20. The standard InChI is InChI=1S/C23H18O2.C3H8/c24-19-7-5-15(6-8-19)22-12-18-11-20(25)9-10-21(18)23(22)13-16-3-1-2-4-17(16)14-23;1-3-2/h1-12,24-25H,13-14H2;3H2,1-2H3. The minimum Gasteiger partial charge on any atom is -0.508 e. The molecule has 3 aromatic carbocycles. The zero-order valence-electron chi connectivity index (χ0n) is 16.4. The highest BCUT2D eigenvalue weighted by Gasteiger charge is 2.46. The molecular weight excluding hydrogens is 344 g/mol. The van der Waals surface area contributed by atoms with E-state index in [-0.39, 0.29) is 11.2 Å². The molecule has 0 radical (unpaired) electrons. The van der Waals surface area contributed by atoms with Gasteiger partial charge in [-0.15, -0.1) is 0 Å². The van der Waals surface area contributed by atoms with Gasteiger partial charge in [-0.25, -0.2) is 0 Å². The van der Waals surface area contributed by atoms with Gasteiger partial charge in [0.05, 0.1) is 0 Å². The Morgan fingerprint density at radius 2 is 1.36 bits per heavy atom. The van der Waals surface area contributed by atoms with Gasteiger partial charge in [0.25, 0.3) is 0 Å². The second-order valence-electron chi connectivity index (χ2n) is 7.79. The summed E-state index contributed by atoms with van der Waals surface area (Å²) in [7, 11) is 0. The van der Waals surface area contributed by atoms with E-state index in [1.807, 2.05) is 18.2 Å². The fourth-order valence-electron chi connectivity index (χ4n) is 4.54. The van der Waals surface area contributed by atoms with E-state index in [0.717, 1.165) is 24.0 Å². The van der Waals surface area contributed by atoms with E-state index in [4.69, 9.17) is 0 Å². The molecule has 0 saturated heterocycles. The number of rotatable bonds is 1. The van der Waals surface area contributed by atoms with Crippen LogP contribution in [0.1, 0.15) is 48.1 Å². The first-order valence-electron chi connectivity index (χ1n) is 9.99. The minimum absolute atomic E-state index is 0.0936. The smallest absolute Gasteiger partial charge is 0.116 e. The molecule has 0 heterocycles. The summed E-state index contributed by atoms with van der Waals surface area (Å²) in [6.07, 6.45) is 5.38. The van der Waals surface area contributed by atoms with E-state index in [1.165, 1.54) is 28.7 Å². The van der Waals surface area contributed by atoms with Crippen molar-refractivity contribution in [3.8, 4) is 11.5 Å². The third-order valence-electron chi connectivity index (χ3n) is 5.65. The molecule has 3 aromatic rings. The molecule has 0 aromatic heterocycles. The number of phenols is 2. The van der Waals surface area contributed by atoms with Crippen LogP contribution >= 0.6 is 0 Å². The normalized spacial score (nSPS) is 15.4. The van der Waals surface area contributed by atoms with Crippen molar-refractivity contribution >= 4 is 11.6 Å². The second-order valence-corrected chi connectivity index (χ2v) is 7.79. The fourth-order valence-corrected chi connectivity index (χ4v) is 4.54. The third-order valence-corrected chi connectivity index (χ3v) is 5.65. The number of hydrogen-bond donors (Lipinski definition) is 2. The van der Waals surface area contributed by atoms with Gasteiger partial charge in [-0.3, -0.25) is 0 Å². The number of aromatic hydroxyl groups is 2. The van der Waals surface area contributed by atoms with Crippen molar-refractivity contribution in [2.45, 2.75) is 38.5 Å². The van der Waals surface area contributed by atoms with E-state index in [0.29, 0.717) is 5.75 Å². The molecular formula is C26H26O2. The highest BCUT2D eigenvalue weighted by Crippen LogP contribution is 2.54. The van der Waals surface area contributed by atoms with Crippen LogP contribution in [-0.4, -0.2) is 10.2 Å². The molecule has 0 amide bonds. The van der Waals surface area contributed by atoms with E-state index in [1.54, 1.807) is 18.2 Å². The lowest BCUT2D eigenvalue weighted by Gasteiger charge is -2.30. The minimum atomic E-state index is -0.0936. The largest absolute Gasteiger partial charge is 0.508 e. The Labute approximate surface area is 166 Å². The highest BCUT2D eigenvalue weighted by atomic mass is 16.3. The number of fused-ring (bicyclic) bond motifs is 3. The summed E-state index contributed by atoms with van der Waals surface area (Å²) in [4.78, 5) is 0. The number of phenolic OH excluding ortho intramolecular Hbond substituents is 2.